The number of terminal acetylenes is 1. The number of halogens is 1. The molecule has 0 aliphatic heterocycles. The standard InChI is InChI=1S/C28H31FN4O5S/c1-8-22-17(4)23-24(34)33(28(5,6)26(35)31-16(2)3)27(36)32(25(23)39-22)15-21(38-13-9-12-30)19-14-18(29)10-11-20(19)37-7/h1,10-11,14,16,21H,9,13,15H2,2-7H3,(H,31,35). The maximum atomic E-state index is 14.3. The highest BCUT2D eigenvalue weighted by atomic mass is 32.1. The van der Waals surface area contributed by atoms with Crippen LogP contribution in [0.4, 0.5) is 4.39 Å². The van der Waals surface area contributed by atoms with Gasteiger partial charge in [-0.05, 0) is 58.4 Å². The minimum atomic E-state index is -1.56. The molecule has 11 heteroatoms. The van der Waals surface area contributed by atoms with Crippen molar-refractivity contribution in [1.29, 1.82) is 5.26 Å². The van der Waals surface area contributed by atoms with Crippen LogP contribution in [0.25, 0.3) is 10.2 Å². The van der Waals surface area contributed by atoms with Crippen LogP contribution in [0, 0.1) is 36.4 Å². The lowest BCUT2D eigenvalue weighted by atomic mass is 10.0. The van der Waals surface area contributed by atoms with Gasteiger partial charge in [0.2, 0.25) is 5.91 Å². The van der Waals surface area contributed by atoms with Crippen molar-refractivity contribution < 1.29 is 18.7 Å². The summed E-state index contributed by atoms with van der Waals surface area (Å²) in [4.78, 5) is 41.7. The summed E-state index contributed by atoms with van der Waals surface area (Å²) in [6.45, 7) is 8.04. The molecule has 0 aliphatic rings. The number of ether oxygens (including phenoxy) is 2. The Bertz CT molecular complexity index is 1600. The van der Waals surface area contributed by atoms with Crippen LogP contribution in [0.15, 0.2) is 27.8 Å². The Labute approximate surface area is 229 Å². The molecule has 3 aromatic rings. The third kappa shape index (κ3) is 5.75. The van der Waals surface area contributed by atoms with Gasteiger partial charge in [0, 0.05) is 11.6 Å². The van der Waals surface area contributed by atoms with E-state index in [1.54, 1.807) is 20.8 Å². The Balaban J connectivity index is 2.35. The fourth-order valence-electron chi connectivity index (χ4n) is 4.29. The maximum absolute atomic E-state index is 14.3. The second-order valence-corrected chi connectivity index (χ2v) is 10.8. The molecule has 9 nitrogen and oxygen atoms in total. The molecule has 39 heavy (non-hydrogen) atoms. The van der Waals surface area contributed by atoms with Crippen LogP contribution in [0.1, 0.15) is 56.2 Å². The second kappa shape index (κ2) is 11.9. The molecule has 0 spiro atoms. The van der Waals surface area contributed by atoms with E-state index in [1.807, 2.05) is 6.07 Å². The molecule has 1 aromatic carbocycles. The number of thiophene rings is 1. The third-order valence-electron chi connectivity index (χ3n) is 6.30. The number of carbonyl (C=O) groups excluding carboxylic acids is 1. The fraction of sp³-hybridized carbons (Fsp3) is 0.429. The zero-order chi connectivity index (χ0) is 29.1. The zero-order valence-electron chi connectivity index (χ0n) is 22.8. The van der Waals surface area contributed by atoms with Crippen LogP contribution in [0.2, 0.25) is 0 Å². The van der Waals surface area contributed by atoms with Gasteiger partial charge in [0.05, 0.1) is 43.0 Å². The van der Waals surface area contributed by atoms with E-state index in [0.717, 1.165) is 15.9 Å². The smallest absolute Gasteiger partial charge is 0.333 e. The number of rotatable bonds is 10. The molecule has 1 unspecified atom stereocenters. The number of aromatic nitrogens is 2. The molecule has 0 aliphatic carbocycles. The average molecular weight is 555 g/mol. The molecule has 1 N–H and O–H groups in total. The minimum absolute atomic E-state index is 0.000270. The summed E-state index contributed by atoms with van der Waals surface area (Å²) < 4.78 is 27.9. The molecule has 2 heterocycles. The van der Waals surface area contributed by atoms with Crippen molar-refractivity contribution in [2.45, 2.75) is 65.3 Å². The number of fused-ring (bicyclic) bond motifs is 1. The van der Waals surface area contributed by atoms with Crippen molar-refractivity contribution in [3.8, 4) is 24.2 Å². The first kappa shape index (κ1) is 29.6. The summed E-state index contributed by atoms with van der Waals surface area (Å²) in [5, 5.41) is 12.0. The van der Waals surface area contributed by atoms with Gasteiger partial charge in [-0.25, -0.2) is 13.8 Å². The minimum Gasteiger partial charge on any atom is -0.496 e. The van der Waals surface area contributed by atoms with Gasteiger partial charge in [-0.2, -0.15) is 5.26 Å². The van der Waals surface area contributed by atoms with E-state index in [1.165, 1.54) is 43.7 Å². The van der Waals surface area contributed by atoms with Gasteiger partial charge >= 0.3 is 5.69 Å². The maximum Gasteiger partial charge on any atom is 0.333 e. The van der Waals surface area contributed by atoms with Crippen molar-refractivity contribution in [2.24, 2.45) is 0 Å². The number of carbonyl (C=O) groups is 1. The highest BCUT2D eigenvalue weighted by Crippen LogP contribution is 2.33. The van der Waals surface area contributed by atoms with E-state index >= 15 is 0 Å². The number of aryl methyl sites for hydroxylation is 1. The van der Waals surface area contributed by atoms with Crippen LogP contribution in [-0.2, 0) is 21.6 Å². The molecule has 206 valence electrons. The summed E-state index contributed by atoms with van der Waals surface area (Å²) in [6, 6.07) is 5.67. The Morgan fingerprint density at radius 2 is 2.00 bits per heavy atom. The first-order valence-corrected chi connectivity index (χ1v) is 13.1. The topological polar surface area (TPSA) is 115 Å². The van der Waals surface area contributed by atoms with Crippen LogP contribution in [-0.4, -0.2) is 34.8 Å². The van der Waals surface area contributed by atoms with Gasteiger partial charge in [-0.1, -0.05) is 5.92 Å². The quantitative estimate of drug-likeness (QED) is 0.303. The van der Waals surface area contributed by atoms with Gasteiger partial charge in [-0.3, -0.25) is 14.2 Å². The summed E-state index contributed by atoms with van der Waals surface area (Å²) in [7, 11) is 1.42. The van der Waals surface area contributed by atoms with Crippen LogP contribution in [0.5, 0.6) is 5.75 Å². The molecule has 0 radical (unpaired) electrons. The Kier molecular flexibility index (Phi) is 9.00. The van der Waals surface area contributed by atoms with Crippen molar-refractivity contribution in [1.82, 2.24) is 14.5 Å². The third-order valence-corrected chi connectivity index (χ3v) is 7.54. The average Bonchev–Trinajstić information content (AvgIpc) is 3.21. The van der Waals surface area contributed by atoms with Gasteiger partial charge < -0.3 is 14.8 Å². The van der Waals surface area contributed by atoms with Crippen LogP contribution < -0.4 is 21.3 Å². The number of benzene rings is 1. The van der Waals surface area contributed by atoms with E-state index in [0.29, 0.717) is 26.6 Å². The van der Waals surface area contributed by atoms with Crippen molar-refractivity contribution in [2.75, 3.05) is 13.7 Å². The predicted molar refractivity (Wildman–Crippen MR) is 147 cm³/mol. The van der Waals surface area contributed by atoms with Gasteiger partial charge in [0.25, 0.3) is 5.56 Å². The first-order valence-electron chi connectivity index (χ1n) is 12.3. The summed E-state index contributed by atoms with van der Waals surface area (Å²) in [5.41, 5.74) is -2.14. The predicted octanol–water partition coefficient (Wildman–Crippen LogP) is 3.59. The second-order valence-electron chi connectivity index (χ2n) is 9.76. The first-order chi connectivity index (χ1) is 18.4. The van der Waals surface area contributed by atoms with E-state index in [4.69, 9.17) is 21.2 Å². The molecule has 3 rings (SSSR count). The van der Waals surface area contributed by atoms with Crippen LogP contribution >= 0.6 is 11.3 Å². The van der Waals surface area contributed by atoms with E-state index in [9.17, 15) is 18.8 Å². The molecule has 2 aromatic heterocycles. The lowest BCUT2D eigenvalue weighted by Gasteiger charge is -2.28. The SMILES string of the molecule is C#Cc1sc2c(c1C)c(=O)n(C(C)(C)C(=O)NC(C)C)c(=O)n2CC(OCCC#N)c1cc(F)ccc1OC. The molecular formula is C28H31FN4O5S. The lowest BCUT2D eigenvalue weighted by Crippen LogP contribution is -2.56. The van der Waals surface area contributed by atoms with Gasteiger partial charge in [0.1, 0.15) is 28.0 Å². The zero-order valence-corrected chi connectivity index (χ0v) is 23.6. The highest BCUT2D eigenvalue weighted by Gasteiger charge is 2.36. The number of nitriles is 1. The number of amides is 1. The van der Waals surface area contributed by atoms with Crippen LogP contribution in [0.3, 0.4) is 0 Å². The number of nitrogens with zero attached hydrogens (tertiary/aromatic N) is 3. The number of hydrogen-bond donors (Lipinski definition) is 1. The van der Waals surface area contributed by atoms with Crippen molar-refractivity contribution >= 4 is 27.5 Å². The summed E-state index contributed by atoms with van der Waals surface area (Å²) in [6.07, 6.45) is 4.80. The molecule has 0 saturated carbocycles. The van der Waals surface area contributed by atoms with E-state index in [2.05, 4.69) is 11.2 Å². The molecule has 1 amide bonds. The molecule has 0 bridgehead atoms. The molecule has 1 atom stereocenters. The molecule has 0 fully saturated rings. The number of methoxy groups -OCH3 is 1. The highest BCUT2D eigenvalue weighted by molar-refractivity contribution is 7.19. The Morgan fingerprint density at radius 3 is 2.59 bits per heavy atom. The summed E-state index contributed by atoms with van der Waals surface area (Å²) >= 11 is 1.10. The number of hydrogen-bond acceptors (Lipinski definition) is 7. The van der Waals surface area contributed by atoms with Gasteiger partial charge in [-0.15, -0.1) is 17.8 Å². The van der Waals surface area contributed by atoms with Crippen molar-refractivity contribution in [3.05, 3.63) is 60.9 Å². The lowest BCUT2D eigenvalue weighted by molar-refractivity contribution is -0.129. The monoisotopic (exact) mass is 554 g/mol. The summed E-state index contributed by atoms with van der Waals surface area (Å²) in [5.74, 6) is 1.82. The normalized spacial score (nSPS) is 12.3. The van der Waals surface area contributed by atoms with Gasteiger partial charge in [0.15, 0.2) is 0 Å². The van der Waals surface area contributed by atoms with Crippen molar-refractivity contribution in [3.63, 3.8) is 0 Å². The van der Waals surface area contributed by atoms with E-state index in [-0.39, 0.29) is 31.0 Å². The largest absolute Gasteiger partial charge is 0.496 e. The Hall–Kier alpha value is -3.93. The van der Waals surface area contributed by atoms with E-state index < -0.39 is 34.6 Å². The Morgan fingerprint density at radius 1 is 1.31 bits per heavy atom. The fourth-order valence-corrected chi connectivity index (χ4v) is 5.40. The number of nitrogens with one attached hydrogen (secondary N) is 1. The molecular weight excluding hydrogens is 523 g/mol. The molecule has 0 saturated heterocycles.